The third kappa shape index (κ3) is 3.21. The first-order valence-corrected chi connectivity index (χ1v) is 10.6. The molecule has 2 amide bonds. The van der Waals surface area contributed by atoms with Crippen LogP contribution in [0.15, 0.2) is 23.0 Å². The van der Waals surface area contributed by atoms with E-state index in [0.717, 1.165) is 19.3 Å². The van der Waals surface area contributed by atoms with Gasteiger partial charge in [-0.2, -0.15) is 0 Å². The topological polar surface area (TPSA) is 91.6 Å². The van der Waals surface area contributed by atoms with Crippen molar-refractivity contribution >= 4 is 17.9 Å². The second-order valence-corrected chi connectivity index (χ2v) is 8.32. The number of aromatic nitrogens is 1. The van der Waals surface area contributed by atoms with Gasteiger partial charge in [-0.3, -0.25) is 14.4 Å². The summed E-state index contributed by atoms with van der Waals surface area (Å²) in [5, 5.41) is 13.1. The van der Waals surface area contributed by atoms with E-state index in [0.29, 0.717) is 24.3 Å². The molecule has 0 spiro atoms. The molecule has 1 aliphatic carbocycles. The molecule has 2 bridgehead atoms. The number of fused-ring (bicyclic) bond motifs is 4. The number of carbonyl (C=O) groups excluding carboxylic acids is 2. The fourth-order valence-corrected chi connectivity index (χ4v) is 4.94. The number of nitrogens with zero attached hydrogens (tertiary/aromatic N) is 2. The van der Waals surface area contributed by atoms with E-state index in [-0.39, 0.29) is 41.9 Å². The number of hydrogen-bond donors (Lipinski definition) is 2. The Hall–Kier alpha value is -2.41. The molecule has 3 aliphatic rings. The van der Waals surface area contributed by atoms with Crippen LogP contribution in [0.25, 0.3) is 6.08 Å². The maximum absolute atomic E-state index is 13.1. The molecule has 1 saturated carbocycles. The van der Waals surface area contributed by atoms with Crippen LogP contribution in [-0.2, 0) is 16.1 Å². The zero-order valence-electron chi connectivity index (χ0n) is 17.0. The summed E-state index contributed by atoms with van der Waals surface area (Å²) < 4.78 is 1.71. The van der Waals surface area contributed by atoms with Gasteiger partial charge in [0.15, 0.2) is 0 Å². The fourth-order valence-electron chi connectivity index (χ4n) is 4.94. The van der Waals surface area contributed by atoms with E-state index in [2.05, 4.69) is 5.32 Å². The maximum atomic E-state index is 13.1. The maximum Gasteiger partial charge on any atom is 0.258 e. The highest BCUT2D eigenvalue weighted by Crippen LogP contribution is 2.50. The van der Waals surface area contributed by atoms with E-state index in [1.54, 1.807) is 16.7 Å². The van der Waals surface area contributed by atoms with Crippen LogP contribution in [0.3, 0.4) is 0 Å². The molecule has 0 unspecified atom stereocenters. The number of pyridine rings is 1. The van der Waals surface area contributed by atoms with Crippen molar-refractivity contribution in [1.29, 1.82) is 0 Å². The predicted octanol–water partition coefficient (Wildman–Crippen LogP) is 1.31. The van der Waals surface area contributed by atoms with Gasteiger partial charge < -0.3 is 19.9 Å². The monoisotopic (exact) mass is 399 g/mol. The second kappa shape index (κ2) is 7.78. The van der Waals surface area contributed by atoms with Gasteiger partial charge >= 0.3 is 0 Å². The number of aliphatic hydroxyl groups excluding tert-OH is 1. The van der Waals surface area contributed by atoms with Crippen LogP contribution in [0.4, 0.5) is 0 Å². The van der Waals surface area contributed by atoms with E-state index < -0.39 is 12.0 Å². The van der Waals surface area contributed by atoms with Gasteiger partial charge in [0.25, 0.3) is 5.56 Å². The molecule has 7 heteroatoms. The molecule has 0 radical (unpaired) electrons. The van der Waals surface area contributed by atoms with Crippen molar-refractivity contribution in [2.24, 2.45) is 17.8 Å². The third-order valence-corrected chi connectivity index (χ3v) is 6.45. The highest BCUT2D eigenvalue weighted by Gasteiger charge is 2.58. The molecule has 3 heterocycles. The van der Waals surface area contributed by atoms with Gasteiger partial charge in [-0.05, 0) is 38.3 Å². The van der Waals surface area contributed by atoms with Crippen molar-refractivity contribution in [2.75, 3.05) is 13.2 Å². The lowest BCUT2D eigenvalue weighted by molar-refractivity contribution is -0.138. The summed E-state index contributed by atoms with van der Waals surface area (Å²) in [6.07, 6.45) is 6.15. The largest absolute Gasteiger partial charge is 0.396 e. The predicted molar refractivity (Wildman–Crippen MR) is 109 cm³/mol. The summed E-state index contributed by atoms with van der Waals surface area (Å²) in [4.78, 5) is 41.1. The molecule has 29 heavy (non-hydrogen) atoms. The van der Waals surface area contributed by atoms with Gasteiger partial charge in [0.2, 0.25) is 11.8 Å². The Kier molecular flexibility index (Phi) is 5.34. The molecule has 156 valence electrons. The van der Waals surface area contributed by atoms with E-state index in [4.69, 9.17) is 0 Å². The summed E-state index contributed by atoms with van der Waals surface area (Å²) in [5.41, 5.74) is 1.17. The van der Waals surface area contributed by atoms with E-state index >= 15 is 0 Å². The van der Waals surface area contributed by atoms with Crippen LogP contribution < -0.4 is 10.9 Å². The Balaban J connectivity index is 1.83. The van der Waals surface area contributed by atoms with Crippen LogP contribution in [0, 0.1) is 17.8 Å². The number of rotatable bonds is 6. The summed E-state index contributed by atoms with van der Waals surface area (Å²) in [7, 11) is 0. The molecule has 2 aliphatic heterocycles. The van der Waals surface area contributed by atoms with Crippen molar-refractivity contribution in [3.63, 3.8) is 0 Å². The molecular formula is C22H29N3O4. The number of carbonyl (C=O) groups is 2. The fraction of sp³-hybridized carbons (Fsp3) is 0.591. The Morgan fingerprint density at radius 1 is 1.31 bits per heavy atom. The first kappa shape index (κ1) is 19.9. The molecule has 4 atom stereocenters. The minimum atomic E-state index is -0.556. The zero-order valence-corrected chi connectivity index (χ0v) is 17.0. The SMILES string of the molecule is C/C=C/c1ccc2n(c1=O)C[C@H]1[C@H](CO)[C@@H](C(=O)NCCC)[C@@H]2N1C(=O)C1CC1. The first-order valence-electron chi connectivity index (χ1n) is 10.6. The van der Waals surface area contributed by atoms with Crippen molar-refractivity contribution in [1.82, 2.24) is 14.8 Å². The number of aliphatic hydroxyl groups is 1. The Morgan fingerprint density at radius 3 is 2.69 bits per heavy atom. The first-order chi connectivity index (χ1) is 14.0. The minimum absolute atomic E-state index is 0.0114. The summed E-state index contributed by atoms with van der Waals surface area (Å²) in [6, 6.07) is 2.77. The second-order valence-electron chi connectivity index (χ2n) is 8.32. The molecule has 0 aromatic carbocycles. The summed E-state index contributed by atoms with van der Waals surface area (Å²) in [5.74, 6) is -1.02. The normalized spacial score (nSPS) is 27.9. The number of amides is 2. The van der Waals surface area contributed by atoms with E-state index in [1.165, 1.54) is 0 Å². The standard InChI is InChI=1S/C22H29N3O4/c1-3-5-13-8-9-16-19-18(20(27)23-10-4-2)15(12-26)17(11-24(16)21(13)28)25(19)22(29)14-6-7-14/h3,5,8-9,14-15,17-19,26H,4,6-7,10-12H2,1-2H3,(H,23,27)/b5-3+/t15-,17-,18+,19+/m0/s1. The lowest BCUT2D eigenvalue weighted by Crippen LogP contribution is -2.49. The molecule has 2 fully saturated rings. The van der Waals surface area contributed by atoms with E-state index in [1.807, 2.05) is 30.9 Å². The third-order valence-electron chi connectivity index (χ3n) is 6.45. The minimum Gasteiger partial charge on any atom is -0.396 e. The molecule has 7 nitrogen and oxygen atoms in total. The average Bonchev–Trinajstić information content (AvgIpc) is 3.53. The Labute approximate surface area is 170 Å². The lowest BCUT2D eigenvalue weighted by Gasteiger charge is -2.38. The Bertz CT molecular complexity index is 902. The Morgan fingerprint density at radius 2 is 2.07 bits per heavy atom. The van der Waals surface area contributed by atoms with Crippen LogP contribution >= 0.6 is 0 Å². The van der Waals surface area contributed by atoms with Crippen LogP contribution in [0.5, 0.6) is 0 Å². The number of allylic oxidation sites excluding steroid dienone is 1. The molecule has 4 rings (SSSR count). The van der Waals surface area contributed by atoms with Crippen molar-refractivity contribution < 1.29 is 14.7 Å². The van der Waals surface area contributed by atoms with Gasteiger partial charge in [-0.15, -0.1) is 0 Å². The van der Waals surface area contributed by atoms with Gasteiger partial charge in [0.1, 0.15) is 0 Å². The van der Waals surface area contributed by atoms with Crippen LogP contribution in [0.2, 0.25) is 0 Å². The highest BCUT2D eigenvalue weighted by atomic mass is 16.3. The summed E-state index contributed by atoms with van der Waals surface area (Å²) >= 11 is 0. The van der Waals surface area contributed by atoms with E-state index in [9.17, 15) is 19.5 Å². The molecule has 2 N–H and O–H groups in total. The van der Waals surface area contributed by atoms with Crippen LogP contribution in [-0.4, -0.2) is 45.6 Å². The summed E-state index contributed by atoms with van der Waals surface area (Å²) in [6.45, 7) is 4.52. The highest BCUT2D eigenvalue weighted by molar-refractivity contribution is 5.86. The zero-order chi connectivity index (χ0) is 20.7. The lowest BCUT2D eigenvalue weighted by atomic mass is 9.86. The van der Waals surface area contributed by atoms with Crippen LogP contribution in [0.1, 0.15) is 50.4 Å². The average molecular weight is 399 g/mol. The smallest absolute Gasteiger partial charge is 0.258 e. The molecule has 1 saturated heterocycles. The van der Waals surface area contributed by atoms with Crippen molar-refractivity contribution in [3.8, 4) is 0 Å². The number of nitrogens with one attached hydrogen (secondary N) is 1. The van der Waals surface area contributed by atoms with Gasteiger partial charge in [-0.25, -0.2) is 0 Å². The van der Waals surface area contributed by atoms with Gasteiger partial charge in [0.05, 0.1) is 18.0 Å². The number of hydrogen-bond acceptors (Lipinski definition) is 4. The van der Waals surface area contributed by atoms with Crippen molar-refractivity contribution in [3.05, 3.63) is 39.8 Å². The molecular weight excluding hydrogens is 370 g/mol. The molecule has 1 aromatic heterocycles. The quantitative estimate of drug-likeness (QED) is 0.755. The molecule has 1 aromatic rings. The van der Waals surface area contributed by atoms with Gasteiger partial charge in [-0.1, -0.05) is 19.1 Å². The van der Waals surface area contributed by atoms with Gasteiger partial charge in [0, 0.05) is 42.8 Å². The van der Waals surface area contributed by atoms with Crippen molar-refractivity contribution in [2.45, 2.75) is 51.7 Å².